The average molecular weight is 257 g/mol. The van der Waals surface area contributed by atoms with Crippen molar-refractivity contribution in [3.05, 3.63) is 34.9 Å². The fraction of sp³-hybridized carbons (Fsp3) is 0.667. The minimum Gasteiger partial charge on any atom is -0.310 e. The summed E-state index contributed by atoms with van der Waals surface area (Å²) in [5.41, 5.74) is 4.82. The monoisotopic (exact) mass is 257 g/mol. The van der Waals surface area contributed by atoms with Gasteiger partial charge in [0, 0.05) is 6.04 Å². The average Bonchev–Trinajstić information content (AvgIpc) is 2.48. The summed E-state index contributed by atoms with van der Waals surface area (Å²) in [6.45, 7) is 3.30. The van der Waals surface area contributed by atoms with Crippen LogP contribution in [0.5, 0.6) is 0 Å². The maximum Gasteiger partial charge on any atom is 0.0323 e. The van der Waals surface area contributed by atoms with E-state index >= 15 is 0 Å². The van der Waals surface area contributed by atoms with Gasteiger partial charge in [0.15, 0.2) is 0 Å². The molecule has 0 aromatic heterocycles. The van der Waals surface area contributed by atoms with Crippen LogP contribution in [0.15, 0.2) is 18.2 Å². The summed E-state index contributed by atoms with van der Waals surface area (Å²) in [5, 5.41) is 3.67. The Kier molecular flexibility index (Phi) is 4.22. The molecule has 0 saturated heterocycles. The quantitative estimate of drug-likeness (QED) is 0.826. The second kappa shape index (κ2) is 6.09. The first-order valence-corrected chi connectivity index (χ1v) is 8.24. The van der Waals surface area contributed by atoms with Crippen molar-refractivity contribution < 1.29 is 0 Å². The van der Waals surface area contributed by atoms with Gasteiger partial charge in [0.2, 0.25) is 0 Å². The van der Waals surface area contributed by atoms with Gasteiger partial charge in [-0.3, -0.25) is 0 Å². The zero-order valence-electron chi connectivity index (χ0n) is 12.3. The van der Waals surface area contributed by atoms with Crippen molar-refractivity contribution in [1.82, 2.24) is 5.32 Å². The lowest BCUT2D eigenvalue weighted by Gasteiger charge is -2.29. The van der Waals surface area contributed by atoms with E-state index in [0.29, 0.717) is 6.04 Å². The summed E-state index contributed by atoms with van der Waals surface area (Å²) in [5.74, 6) is 0.836. The van der Waals surface area contributed by atoms with Crippen LogP contribution in [0.4, 0.5) is 0 Å². The molecule has 1 saturated carbocycles. The van der Waals surface area contributed by atoms with Crippen LogP contribution in [-0.2, 0) is 6.42 Å². The van der Waals surface area contributed by atoms with Crippen LogP contribution in [0.2, 0.25) is 0 Å². The SMILES string of the molecule is CCNC1CCCc2ccc(C3CCCCC3)cc21. The van der Waals surface area contributed by atoms with E-state index in [0.717, 1.165) is 12.5 Å². The summed E-state index contributed by atoms with van der Waals surface area (Å²) in [4.78, 5) is 0. The van der Waals surface area contributed by atoms with Gasteiger partial charge in [-0.25, -0.2) is 0 Å². The van der Waals surface area contributed by atoms with Crippen molar-refractivity contribution >= 4 is 0 Å². The predicted molar refractivity (Wildman–Crippen MR) is 81.6 cm³/mol. The third-order valence-corrected chi connectivity index (χ3v) is 5.01. The molecule has 1 heteroatoms. The predicted octanol–water partition coefficient (Wildman–Crippen LogP) is 4.72. The first-order chi connectivity index (χ1) is 9.38. The Morgan fingerprint density at radius 2 is 1.89 bits per heavy atom. The van der Waals surface area contributed by atoms with E-state index < -0.39 is 0 Å². The van der Waals surface area contributed by atoms with E-state index in [1.165, 1.54) is 51.4 Å². The van der Waals surface area contributed by atoms with E-state index in [2.05, 4.69) is 30.4 Å². The Balaban J connectivity index is 1.85. The van der Waals surface area contributed by atoms with Crippen LogP contribution in [0, 0.1) is 0 Å². The molecule has 1 nitrogen and oxygen atoms in total. The van der Waals surface area contributed by atoms with E-state index in [9.17, 15) is 0 Å². The molecular weight excluding hydrogens is 230 g/mol. The van der Waals surface area contributed by atoms with Crippen molar-refractivity contribution in [2.24, 2.45) is 0 Å². The smallest absolute Gasteiger partial charge is 0.0323 e. The molecule has 1 fully saturated rings. The van der Waals surface area contributed by atoms with Gasteiger partial charge in [-0.2, -0.15) is 0 Å². The molecule has 1 aromatic carbocycles. The highest BCUT2D eigenvalue weighted by atomic mass is 14.9. The Morgan fingerprint density at radius 3 is 2.68 bits per heavy atom. The lowest BCUT2D eigenvalue weighted by Crippen LogP contribution is -2.25. The van der Waals surface area contributed by atoms with E-state index in [1.807, 2.05) is 0 Å². The molecule has 0 aliphatic heterocycles. The standard InChI is InChI=1S/C18H27N/c1-2-19-18-10-6-9-15-11-12-16(13-17(15)18)14-7-4-3-5-8-14/h11-14,18-19H,2-10H2,1H3. The largest absolute Gasteiger partial charge is 0.310 e. The Morgan fingerprint density at radius 1 is 1.05 bits per heavy atom. The highest BCUT2D eigenvalue weighted by molar-refractivity contribution is 5.37. The van der Waals surface area contributed by atoms with Gasteiger partial charge < -0.3 is 5.32 Å². The molecule has 0 radical (unpaired) electrons. The lowest BCUT2D eigenvalue weighted by molar-refractivity contribution is 0.439. The molecule has 0 bridgehead atoms. The Labute approximate surface area is 117 Å². The summed E-state index contributed by atoms with van der Waals surface area (Å²) in [6, 6.07) is 7.99. The highest BCUT2D eigenvalue weighted by Crippen LogP contribution is 2.36. The van der Waals surface area contributed by atoms with Crippen LogP contribution >= 0.6 is 0 Å². The number of nitrogens with one attached hydrogen (secondary N) is 1. The summed E-state index contributed by atoms with van der Waals surface area (Å²) in [6.07, 6.45) is 11.1. The number of hydrogen-bond acceptors (Lipinski definition) is 1. The van der Waals surface area contributed by atoms with Gasteiger partial charge in [-0.15, -0.1) is 0 Å². The van der Waals surface area contributed by atoms with Gasteiger partial charge >= 0.3 is 0 Å². The highest BCUT2D eigenvalue weighted by Gasteiger charge is 2.22. The van der Waals surface area contributed by atoms with E-state index in [1.54, 1.807) is 16.7 Å². The number of fused-ring (bicyclic) bond motifs is 1. The van der Waals surface area contributed by atoms with Crippen LogP contribution in [0.3, 0.4) is 0 Å². The summed E-state index contributed by atoms with van der Waals surface area (Å²) in [7, 11) is 0. The topological polar surface area (TPSA) is 12.0 Å². The molecule has 0 heterocycles. The van der Waals surface area contributed by atoms with Gasteiger partial charge in [0.25, 0.3) is 0 Å². The molecule has 104 valence electrons. The summed E-state index contributed by atoms with van der Waals surface area (Å²) < 4.78 is 0. The molecule has 1 N–H and O–H groups in total. The molecule has 1 unspecified atom stereocenters. The van der Waals surface area contributed by atoms with E-state index in [-0.39, 0.29) is 0 Å². The molecule has 19 heavy (non-hydrogen) atoms. The number of hydrogen-bond donors (Lipinski definition) is 1. The third-order valence-electron chi connectivity index (χ3n) is 5.01. The maximum atomic E-state index is 3.67. The molecule has 0 spiro atoms. The third kappa shape index (κ3) is 2.86. The molecule has 3 rings (SSSR count). The van der Waals surface area contributed by atoms with Crippen molar-refractivity contribution in [3.8, 4) is 0 Å². The van der Waals surface area contributed by atoms with Crippen molar-refractivity contribution in [2.45, 2.75) is 70.3 Å². The van der Waals surface area contributed by atoms with Crippen molar-refractivity contribution in [1.29, 1.82) is 0 Å². The first-order valence-electron chi connectivity index (χ1n) is 8.24. The molecule has 1 atom stereocenters. The second-order valence-corrected chi connectivity index (χ2v) is 6.30. The molecule has 0 amide bonds. The van der Waals surface area contributed by atoms with Crippen molar-refractivity contribution in [3.63, 3.8) is 0 Å². The molecule has 1 aromatic rings. The van der Waals surface area contributed by atoms with E-state index in [4.69, 9.17) is 0 Å². The van der Waals surface area contributed by atoms with Gasteiger partial charge in [0.05, 0.1) is 0 Å². The minimum absolute atomic E-state index is 0.609. The Hall–Kier alpha value is -0.820. The lowest BCUT2D eigenvalue weighted by atomic mass is 9.80. The normalized spacial score (nSPS) is 24.2. The Bertz CT molecular complexity index is 418. The van der Waals surface area contributed by atoms with Crippen molar-refractivity contribution in [2.75, 3.05) is 6.54 Å². The minimum atomic E-state index is 0.609. The fourth-order valence-electron chi connectivity index (χ4n) is 3.97. The van der Waals surface area contributed by atoms with Gasteiger partial charge in [-0.05, 0) is 61.3 Å². The molecular formula is C18H27N. The number of benzene rings is 1. The maximum absolute atomic E-state index is 3.67. The molecule has 2 aliphatic rings. The second-order valence-electron chi connectivity index (χ2n) is 6.30. The zero-order valence-corrected chi connectivity index (χ0v) is 12.3. The van der Waals surface area contributed by atoms with Gasteiger partial charge in [0.1, 0.15) is 0 Å². The van der Waals surface area contributed by atoms with Crippen LogP contribution in [0.25, 0.3) is 0 Å². The number of rotatable bonds is 3. The van der Waals surface area contributed by atoms with Crippen LogP contribution in [-0.4, -0.2) is 6.54 Å². The summed E-state index contributed by atoms with van der Waals surface area (Å²) >= 11 is 0. The fourth-order valence-corrected chi connectivity index (χ4v) is 3.97. The van der Waals surface area contributed by atoms with Gasteiger partial charge in [-0.1, -0.05) is 44.4 Å². The first kappa shape index (κ1) is 13.2. The van der Waals surface area contributed by atoms with Crippen LogP contribution < -0.4 is 5.32 Å². The zero-order chi connectivity index (χ0) is 13.1. The van der Waals surface area contributed by atoms with Crippen LogP contribution in [0.1, 0.15) is 80.5 Å². The number of aryl methyl sites for hydroxylation is 1. The molecule has 2 aliphatic carbocycles.